The van der Waals surface area contributed by atoms with E-state index in [4.69, 9.17) is 9.47 Å². The number of ether oxygens (including phenoxy) is 2. The molecule has 1 atom stereocenters. The Morgan fingerprint density at radius 3 is 2.71 bits per heavy atom. The third kappa shape index (κ3) is 4.39. The molecule has 1 saturated heterocycles. The summed E-state index contributed by atoms with van der Waals surface area (Å²) >= 11 is 0. The largest absolute Gasteiger partial charge is 0.486 e. The molecule has 2 aliphatic heterocycles. The van der Waals surface area contributed by atoms with Crippen molar-refractivity contribution in [1.29, 1.82) is 0 Å². The molecular formula is C25H26F2N6O2. The molecule has 35 heavy (non-hydrogen) atoms. The number of halogens is 2. The van der Waals surface area contributed by atoms with Crippen molar-refractivity contribution in [2.45, 2.75) is 31.4 Å². The Labute approximate surface area is 201 Å². The fourth-order valence-electron chi connectivity index (χ4n) is 4.71. The molecule has 8 nitrogen and oxygen atoms in total. The average molecular weight is 481 g/mol. The Kier molecular flexibility index (Phi) is 5.91. The molecule has 6 rings (SSSR count). The highest BCUT2D eigenvalue weighted by atomic mass is 19.1. The molecule has 0 bridgehead atoms. The molecule has 0 spiro atoms. The van der Waals surface area contributed by atoms with E-state index in [1.165, 1.54) is 6.07 Å². The topological polar surface area (TPSA) is 84.4 Å². The van der Waals surface area contributed by atoms with Crippen molar-refractivity contribution in [1.82, 2.24) is 20.3 Å². The zero-order chi connectivity index (χ0) is 23.8. The van der Waals surface area contributed by atoms with E-state index in [9.17, 15) is 8.78 Å². The zero-order valence-electron chi connectivity index (χ0n) is 19.1. The lowest BCUT2D eigenvalue weighted by atomic mass is 9.90. The second-order valence-electron chi connectivity index (χ2n) is 8.99. The average Bonchev–Trinajstić information content (AvgIpc) is 2.85. The summed E-state index contributed by atoms with van der Waals surface area (Å²) < 4.78 is 41.1. The number of pyridine rings is 1. The molecule has 0 amide bonds. The molecule has 3 aromatic rings. The maximum atomic E-state index is 15.0. The molecular weight excluding hydrogens is 454 g/mol. The van der Waals surface area contributed by atoms with Crippen molar-refractivity contribution in [3.63, 3.8) is 0 Å². The van der Waals surface area contributed by atoms with E-state index >= 15 is 0 Å². The minimum atomic E-state index is -0.632. The number of rotatable bonds is 5. The van der Waals surface area contributed by atoms with Crippen LogP contribution in [0.25, 0.3) is 11.3 Å². The lowest BCUT2D eigenvalue weighted by molar-refractivity contribution is 0.0275. The second kappa shape index (κ2) is 9.35. The lowest BCUT2D eigenvalue weighted by Gasteiger charge is -2.42. The third-order valence-corrected chi connectivity index (χ3v) is 6.77. The number of nitrogens with one attached hydrogen (secondary N) is 2. The molecule has 182 valence electrons. The van der Waals surface area contributed by atoms with Crippen LogP contribution in [0.3, 0.4) is 0 Å². The van der Waals surface area contributed by atoms with Gasteiger partial charge in [-0.25, -0.2) is 23.7 Å². The van der Waals surface area contributed by atoms with Gasteiger partial charge < -0.3 is 25.0 Å². The van der Waals surface area contributed by atoms with Crippen molar-refractivity contribution >= 4 is 17.5 Å². The lowest BCUT2D eigenvalue weighted by Crippen LogP contribution is -2.44. The number of nitrogens with zero attached hydrogens (tertiary/aromatic N) is 4. The van der Waals surface area contributed by atoms with Crippen LogP contribution in [-0.4, -0.2) is 53.8 Å². The molecule has 1 saturated carbocycles. The monoisotopic (exact) mass is 480 g/mol. The first-order chi connectivity index (χ1) is 17.2. The standard InChI is InChI=1S/C25H26F2N6O2/c26-18-10-16(11-20-24(18)35-9-7-33(20)17-2-1-3-17)23-19(27)13-30-25(32-23)31-22-5-4-15(12-29-22)21-14-28-6-8-34-21/h4-5,10-13,17,21,28H,1-3,6-9,14H2,(H,29,30,31,32). The number of fused-ring (bicyclic) bond motifs is 1. The van der Waals surface area contributed by atoms with Gasteiger partial charge in [-0.05, 0) is 37.5 Å². The van der Waals surface area contributed by atoms with Gasteiger partial charge in [0.15, 0.2) is 17.4 Å². The molecule has 2 fully saturated rings. The van der Waals surface area contributed by atoms with Crippen LogP contribution in [0.1, 0.15) is 30.9 Å². The molecule has 2 N–H and O–H groups in total. The molecule has 10 heteroatoms. The van der Waals surface area contributed by atoms with E-state index in [0.717, 1.165) is 44.1 Å². The maximum absolute atomic E-state index is 15.0. The second-order valence-corrected chi connectivity index (χ2v) is 8.99. The van der Waals surface area contributed by atoms with Crippen LogP contribution in [0.2, 0.25) is 0 Å². The maximum Gasteiger partial charge on any atom is 0.229 e. The van der Waals surface area contributed by atoms with Gasteiger partial charge >= 0.3 is 0 Å². The first kappa shape index (κ1) is 22.1. The van der Waals surface area contributed by atoms with E-state index in [1.54, 1.807) is 18.3 Å². The van der Waals surface area contributed by atoms with Crippen LogP contribution in [0, 0.1) is 11.6 Å². The number of hydrogen-bond donors (Lipinski definition) is 2. The van der Waals surface area contributed by atoms with Gasteiger partial charge in [0.05, 0.1) is 31.1 Å². The van der Waals surface area contributed by atoms with Crippen LogP contribution in [0.5, 0.6) is 5.75 Å². The minimum absolute atomic E-state index is 0.0154. The highest BCUT2D eigenvalue weighted by molar-refractivity contribution is 5.73. The van der Waals surface area contributed by atoms with Gasteiger partial charge in [0.1, 0.15) is 18.1 Å². The predicted molar refractivity (Wildman–Crippen MR) is 127 cm³/mol. The van der Waals surface area contributed by atoms with Crippen LogP contribution < -0.4 is 20.3 Å². The number of anilines is 3. The quantitative estimate of drug-likeness (QED) is 0.568. The SMILES string of the molecule is Fc1cnc(Nc2ccc(C3CNCCO3)cn2)nc1-c1cc(F)c2c(c1)N(C1CCC1)CCO2. The Bertz CT molecular complexity index is 1220. The summed E-state index contributed by atoms with van der Waals surface area (Å²) in [7, 11) is 0. The Morgan fingerprint density at radius 2 is 1.97 bits per heavy atom. The summed E-state index contributed by atoms with van der Waals surface area (Å²) in [5.74, 6) is -0.252. The summed E-state index contributed by atoms with van der Waals surface area (Å²) in [5.41, 5.74) is 1.97. The van der Waals surface area contributed by atoms with E-state index in [2.05, 4.69) is 30.5 Å². The van der Waals surface area contributed by atoms with Crippen molar-refractivity contribution in [2.75, 3.05) is 43.1 Å². The van der Waals surface area contributed by atoms with Crippen molar-refractivity contribution in [3.8, 4) is 17.0 Å². The van der Waals surface area contributed by atoms with E-state index in [-0.39, 0.29) is 23.5 Å². The molecule has 2 aromatic heterocycles. The smallest absolute Gasteiger partial charge is 0.229 e. The number of hydrogen-bond acceptors (Lipinski definition) is 8. The summed E-state index contributed by atoms with van der Waals surface area (Å²) in [6.07, 6.45) is 6.07. The van der Waals surface area contributed by atoms with Gasteiger partial charge in [-0.2, -0.15) is 0 Å². The highest BCUT2D eigenvalue weighted by Gasteiger charge is 2.31. The summed E-state index contributed by atoms with van der Waals surface area (Å²) in [4.78, 5) is 15.0. The van der Waals surface area contributed by atoms with Crippen molar-refractivity contribution < 1.29 is 18.3 Å². The first-order valence-corrected chi connectivity index (χ1v) is 12.0. The zero-order valence-corrected chi connectivity index (χ0v) is 19.1. The summed E-state index contributed by atoms with van der Waals surface area (Å²) in [6.45, 7) is 3.35. The Balaban J connectivity index is 1.26. The minimum Gasteiger partial charge on any atom is -0.486 e. The summed E-state index contributed by atoms with van der Waals surface area (Å²) in [6, 6.07) is 7.11. The Morgan fingerprint density at radius 1 is 1.06 bits per heavy atom. The molecule has 4 heterocycles. The van der Waals surface area contributed by atoms with Crippen LogP contribution >= 0.6 is 0 Å². The normalized spacial score (nSPS) is 20.1. The van der Waals surface area contributed by atoms with Gasteiger partial charge in [-0.1, -0.05) is 6.07 Å². The van der Waals surface area contributed by atoms with Gasteiger partial charge in [-0.15, -0.1) is 0 Å². The van der Waals surface area contributed by atoms with Gasteiger partial charge in [0.2, 0.25) is 5.95 Å². The number of aromatic nitrogens is 3. The summed E-state index contributed by atoms with van der Waals surface area (Å²) in [5, 5.41) is 6.30. The van der Waals surface area contributed by atoms with Crippen molar-refractivity contribution in [3.05, 3.63) is 53.9 Å². The van der Waals surface area contributed by atoms with E-state index in [0.29, 0.717) is 42.9 Å². The number of morpholine rings is 1. The van der Waals surface area contributed by atoms with Crippen molar-refractivity contribution in [2.24, 2.45) is 0 Å². The van der Waals surface area contributed by atoms with Crippen LogP contribution in [-0.2, 0) is 4.74 Å². The Hall–Kier alpha value is -3.37. The molecule has 1 aromatic carbocycles. The fourth-order valence-corrected chi connectivity index (χ4v) is 4.71. The van der Waals surface area contributed by atoms with Gasteiger partial charge in [0, 0.05) is 36.5 Å². The van der Waals surface area contributed by atoms with Gasteiger partial charge in [-0.3, -0.25) is 0 Å². The molecule has 1 unspecified atom stereocenters. The first-order valence-electron chi connectivity index (χ1n) is 12.0. The van der Waals surface area contributed by atoms with Crippen LogP contribution in [0.4, 0.5) is 26.2 Å². The van der Waals surface area contributed by atoms with E-state index in [1.807, 2.05) is 6.07 Å². The van der Waals surface area contributed by atoms with Crippen LogP contribution in [0.15, 0.2) is 36.7 Å². The number of benzene rings is 1. The fraction of sp³-hybridized carbons (Fsp3) is 0.400. The van der Waals surface area contributed by atoms with Gasteiger partial charge in [0.25, 0.3) is 0 Å². The molecule has 1 aliphatic carbocycles. The highest BCUT2D eigenvalue weighted by Crippen LogP contribution is 2.42. The predicted octanol–water partition coefficient (Wildman–Crippen LogP) is 3.97. The third-order valence-electron chi connectivity index (χ3n) is 6.77. The molecule has 3 aliphatic rings. The molecule has 0 radical (unpaired) electrons. The van der Waals surface area contributed by atoms with E-state index < -0.39 is 11.6 Å².